The van der Waals surface area contributed by atoms with E-state index in [-0.39, 0.29) is 60.7 Å². The maximum absolute atomic E-state index is 10.1. The van der Waals surface area contributed by atoms with E-state index in [4.69, 9.17) is 0 Å². The van der Waals surface area contributed by atoms with E-state index in [0.29, 0.717) is 0 Å². The van der Waals surface area contributed by atoms with E-state index in [9.17, 15) is 9.90 Å². The Morgan fingerprint density at radius 3 is 1.80 bits per heavy atom. The molecule has 0 aromatic rings. The van der Waals surface area contributed by atoms with Crippen molar-refractivity contribution in [3.63, 3.8) is 0 Å². The number of hydrogen-bond donors (Lipinski definition) is 0. The van der Waals surface area contributed by atoms with Crippen LogP contribution in [0.1, 0.15) is 74.0 Å². The number of rotatable bonds is 10. The molecule has 0 N–H and O–H groups in total. The van der Waals surface area contributed by atoms with Crippen LogP contribution in [-0.4, -0.2) is 5.97 Å². The van der Waals surface area contributed by atoms with E-state index >= 15 is 0 Å². The molecular formula is C12H25KO2. The number of carboxylic acids is 1. The van der Waals surface area contributed by atoms with Crippen molar-refractivity contribution < 1.29 is 64.1 Å². The molecule has 2 nitrogen and oxygen atoms in total. The van der Waals surface area contributed by atoms with Gasteiger partial charge >= 0.3 is 52.8 Å². The average Bonchev–Trinajstić information content (AvgIpc) is 2.15. The molecule has 0 saturated heterocycles. The summed E-state index contributed by atoms with van der Waals surface area (Å²) in [5, 5.41) is 10.1. The predicted octanol–water partition coefficient (Wildman–Crippen LogP) is -0.114. The molecule has 0 bridgehead atoms. The second-order valence-corrected chi connectivity index (χ2v) is 3.95. The molecule has 0 aliphatic rings. The quantitative estimate of drug-likeness (QED) is 0.395. The van der Waals surface area contributed by atoms with Crippen LogP contribution in [-0.2, 0) is 4.79 Å². The fraction of sp³-hybridized carbons (Fsp3) is 0.917. The topological polar surface area (TPSA) is 40.1 Å². The van der Waals surface area contributed by atoms with Crippen LogP contribution < -0.4 is 56.5 Å². The van der Waals surface area contributed by atoms with Crippen LogP contribution in [0.4, 0.5) is 0 Å². The monoisotopic (exact) mass is 240 g/mol. The van der Waals surface area contributed by atoms with E-state index in [1.165, 1.54) is 44.9 Å². The van der Waals surface area contributed by atoms with Gasteiger partial charge in [0.2, 0.25) is 0 Å². The van der Waals surface area contributed by atoms with Gasteiger partial charge in [0.25, 0.3) is 0 Å². The van der Waals surface area contributed by atoms with Crippen molar-refractivity contribution in [1.82, 2.24) is 0 Å². The van der Waals surface area contributed by atoms with Crippen molar-refractivity contribution in [2.75, 3.05) is 0 Å². The Labute approximate surface area is 140 Å². The molecule has 3 heteroatoms. The summed E-state index contributed by atoms with van der Waals surface area (Å²) < 4.78 is 0. The Kier molecular flexibility index (Phi) is 18.6. The summed E-state index contributed by atoms with van der Waals surface area (Å²) in [5.41, 5.74) is 0. The summed E-state index contributed by atoms with van der Waals surface area (Å²) >= 11 is 0. The van der Waals surface area contributed by atoms with Crippen molar-refractivity contribution in [3.8, 4) is 0 Å². The van der Waals surface area contributed by atoms with Crippen molar-refractivity contribution >= 4 is 5.97 Å². The van der Waals surface area contributed by atoms with Gasteiger partial charge in [-0.2, -0.15) is 0 Å². The van der Waals surface area contributed by atoms with E-state index < -0.39 is 5.97 Å². The summed E-state index contributed by atoms with van der Waals surface area (Å²) in [4.78, 5) is 10.1. The van der Waals surface area contributed by atoms with Gasteiger partial charge in [-0.1, -0.05) is 58.3 Å². The van der Waals surface area contributed by atoms with E-state index in [0.717, 1.165) is 12.8 Å². The van der Waals surface area contributed by atoms with Crippen LogP contribution in [0.25, 0.3) is 0 Å². The summed E-state index contributed by atoms with van der Waals surface area (Å²) in [7, 11) is 0. The van der Waals surface area contributed by atoms with Gasteiger partial charge in [0.05, 0.1) is 0 Å². The Bertz CT molecular complexity index is 146. The zero-order chi connectivity index (χ0) is 10.6. The first-order chi connectivity index (χ1) is 6.77. The second kappa shape index (κ2) is 15.1. The van der Waals surface area contributed by atoms with Gasteiger partial charge < -0.3 is 11.3 Å². The zero-order valence-electron chi connectivity index (χ0n) is 12.4. The van der Waals surface area contributed by atoms with Crippen LogP contribution >= 0.6 is 0 Å². The Balaban J connectivity index is -0.000000282. The standard InChI is InChI=1S/C12H24O2.K.H/c1-2-3-4-5-6-7-8-9-10-11-12(13)14;;/h2-11H2,1H3,(H,13,14);;/q;+1;-1. The van der Waals surface area contributed by atoms with Gasteiger partial charge in [-0.05, 0) is 12.8 Å². The molecule has 0 saturated carbocycles. The minimum atomic E-state index is -0.909. The number of carbonyl (C=O) groups is 1. The SMILES string of the molecule is CCCCCCCCCCCC(=O)[O-].[H+].[H-].[K+]. The molecule has 0 amide bonds. The Hall–Kier alpha value is 1.11. The summed E-state index contributed by atoms with van der Waals surface area (Å²) in [6.07, 6.45) is 11.2. The van der Waals surface area contributed by atoms with Crippen LogP contribution in [0, 0.1) is 0 Å². The van der Waals surface area contributed by atoms with Crippen LogP contribution in [0.15, 0.2) is 0 Å². The fourth-order valence-electron chi connectivity index (χ4n) is 1.58. The minimum absolute atomic E-state index is 0. The van der Waals surface area contributed by atoms with Crippen molar-refractivity contribution in [2.45, 2.75) is 71.1 Å². The Morgan fingerprint density at radius 1 is 1.00 bits per heavy atom. The molecule has 0 aliphatic carbocycles. The first-order valence-electron chi connectivity index (χ1n) is 5.97. The normalized spacial score (nSPS) is 9.67. The first-order valence-corrected chi connectivity index (χ1v) is 5.97. The molecule has 0 atom stereocenters. The Morgan fingerprint density at radius 2 is 1.40 bits per heavy atom. The van der Waals surface area contributed by atoms with Gasteiger partial charge in [0.1, 0.15) is 0 Å². The molecule has 0 spiro atoms. The van der Waals surface area contributed by atoms with Crippen LogP contribution in [0.2, 0.25) is 0 Å². The van der Waals surface area contributed by atoms with Crippen LogP contribution in [0.5, 0.6) is 0 Å². The number of unbranched alkanes of at least 4 members (excludes halogenated alkanes) is 8. The third-order valence-corrected chi connectivity index (χ3v) is 2.48. The largest absolute Gasteiger partial charge is 1.00 e. The molecule has 0 rings (SSSR count). The molecule has 0 radical (unpaired) electrons. The van der Waals surface area contributed by atoms with Gasteiger partial charge in [-0.25, -0.2) is 0 Å². The smallest absolute Gasteiger partial charge is 1.00 e. The van der Waals surface area contributed by atoms with Crippen molar-refractivity contribution in [3.05, 3.63) is 0 Å². The van der Waals surface area contributed by atoms with Gasteiger partial charge in [0, 0.05) is 5.97 Å². The number of carboxylic acid groups (broad SMARTS) is 1. The molecule has 0 aromatic carbocycles. The third kappa shape index (κ3) is 17.7. The molecule has 0 unspecified atom stereocenters. The van der Waals surface area contributed by atoms with E-state index in [2.05, 4.69) is 6.92 Å². The third-order valence-electron chi connectivity index (χ3n) is 2.48. The molecule has 0 aliphatic heterocycles. The molecule has 15 heavy (non-hydrogen) atoms. The van der Waals surface area contributed by atoms with Gasteiger partial charge in [-0.15, -0.1) is 0 Å². The van der Waals surface area contributed by atoms with Crippen molar-refractivity contribution in [2.24, 2.45) is 0 Å². The molecule has 0 heterocycles. The predicted molar refractivity (Wildman–Crippen MR) is 59.1 cm³/mol. The second-order valence-electron chi connectivity index (χ2n) is 3.95. The number of carbonyl (C=O) groups excluding carboxylic acids is 1. The average molecular weight is 240 g/mol. The molecule has 86 valence electrons. The maximum Gasteiger partial charge on any atom is 1.00 e. The molecular weight excluding hydrogens is 215 g/mol. The summed E-state index contributed by atoms with van der Waals surface area (Å²) in [5.74, 6) is -0.909. The van der Waals surface area contributed by atoms with Crippen molar-refractivity contribution in [1.29, 1.82) is 0 Å². The van der Waals surface area contributed by atoms with E-state index in [1.54, 1.807) is 0 Å². The number of aliphatic carboxylic acids is 1. The summed E-state index contributed by atoms with van der Waals surface area (Å²) in [6.45, 7) is 2.22. The maximum atomic E-state index is 10.1. The molecule has 0 aromatic heterocycles. The van der Waals surface area contributed by atoms with Crippen LogP contribution in [0.3, 0.4) is 0 Å². The fourth-order valence-corrected chi connectivity index (χ4v) is 1.58. The molecule has 0 fully saturated rings. The van der Waals surface area contributed by atoms with Gasteiger partial charge in [0.15, 0.2) is 0 Å². The number of hydrogen-bond acceptors (Lipinski definition) is 2. The van der Waals surface area contributed by atoms with Gasteiger partial charge in [-0.3, -0.25) is 0 Å². The minimum Gasteiger partial charge on any atom is -1.00 e. The summed E-state index contributed by atoms with van der Waals surface area (Å²) in [6, 6.07) is 0. The van der Waals surface area contributed by atoms with E-state index in [1.807, 2.05) is 0 Å². The zero-order valence-corrected chi connectivity index (χ0v) is 13.5. The first kappa shape index (κ1) is 18.5.